The van der Waals surface area contributed by atoms with Crippen LogP contribution >= 0.6 is 0 Å². The molecule has 1 aromatic heterocycles. The number of aromatic amines is 1. The van der Waals surface area contributed by atoms with Crippen molar-refractivity contribution in [3.8, 4) is 0 Å². The Labute approximate surface area is 69.6 Å². The van der Waals surface area contributed by atoms with Crippen LogP contribution in [0.25, 0.3) is 0 Å². The minimum absolute atomic E-state index is 0.0533. The van der Waals surface area contributed by atoms with Crippen molar-refractivity contribution in [2.75, 3.05) is 12.3 Å². The summed E-state index contributed by atoms with van der Waals surface area (Å²) in [5.74, 6) is 0.858. The molecular weight excluding hydrogens is 158 g/mol. The number of rotatable bonds is 3. The van der Waals surface area contributed by atoms with Crippen LogP contribution in [0.3, 0.4) is 0 Å². The minimum atomic E-state index is -0.0533. The van der Waals surface area contributed by atoms with Crippen LogP contribution < -0.4 is 11.1 Å². The molecule has 1 amide bonds. The topological polar surface area (TPSA) is 96.7 Å². The molecule has 0 atom stereocenters. The molecular formula is C6H11N5O. The van der Waals surface area contributed by atoms with E-state index in [-0.39, 0.29) is 11.9 Å². The van der Waals surface area contributed by atoms with Gasteiger partial charge in [-0.15, -0.1) is 5.10 Å². The average Bonchev–Trinajstić information content (AvgIpc) is 2.35. The van der Waals surface area contributed by atoms with E-state index < -0.39 is 0 Å². The molecule has 0 aliphatic heterocycles. The van der Waals surface area contributed by atoms with Crippen LogP contribution in [0.4, 0.5) is 5.95 Å². The van der Waals surface area contributed by atoms with E-state index in [0.29, 0.717) is 18.8 Å². The van der Waals surface area contributed by atoms with Gasteiger partial charge in [-0.05, 0) is 0 Å². The van der Waals surface area contributed by atoms with Gasteiger partial charge in [0.15, 0.2) is 0 Å². The van der Waals surface area contributed by atoms with Crippen molar-refractivity contribution < 1.29 is 4.79 Å². The maximum atomic E-state index is 10.5. The van der Waals surface area contributed by atoms with Crippen molar-refractivity contribution in [2.45, 2.75) is 13.3 Å². The summed E-state index contributed by atoms with van der Waals surface area (Å²) in [4.78, 5) is 14.3. The lowest BCUT2D eigenvalue weighted by Gasteiger charge is -1.97. The fraction of sp³-hybridized carbons (Fsp3) is 0.500. The number of anilines is 1. The summed E-state index contributed by atoms with van der Waals surface area (Å²) in [6.07, 6.45) is 0.615. The Balaban J connectivity index is 2.29. The number of hydrogen-bond donors (Lipinski definition) is 3. The SMILES string of the molecule is CC(=O)NCCc1nc(N)n[nH]1. The molecule has 1 aromatic rings. The van der Waals surface area contributed by atoms with Crippen molar-refractivity contribution in [3.63, 3.8) is 0 Å². The van der Waals surface area contributed by atoms with Crippen molar-refractivity contribution in [3.05, 3.63) is 5.82 Å². The molecule has 0 aliphatic carbocycles. The van der Waals surface area contributed by atoms with Gasteiger partial charge in [0.25, 0.3) is 0 Å². The Morgan fingerprint density at radius 2 is 2.50 bits per heavy atom. The highest BCUT2D eigenvalue weighted by Crippen LogP contribution is 1.92. The highest BCUT2D eigenvalue weighted by molar-refractivity contribution is 5.72. The maximum Gasteiger partial charge on any atom is 0.239 e. The van der Waals surface area contributed by atoms with Gasteiger partial charge in [-0.25, -0.2) is 0 Å². The third-order valence-electron chi connectivity index (χ3n) is 1.28. The molecule has 4 N–H and O–H groups in total. The van der Waals surface area contributed by atoms with E-state index in [1.165, 1.54) is 6.92 Å². The van der Waals surface area contributed by atoms with Gasteiger partial charge in [0, 0.05) is 19.9 Å². The first kappa shape index (κ1) is 8.51. The molecule has 0 saturated carbocycles. The van der Waals surface area contributed by atoms with Crippen molar-refractivity contribution in [2.24, 2.45) is 0 Å². The van der Waals surface area contributed by atoms with E-state index in [4.69, 9.17) is 5.73 Å². The first-order chi connectivity index (χ1) is 5.68. The summed E-state index contributed by atoms with van der Waals surface area (Å²) in [7, 11) is 0. The molecule has 0 saturated heterocycles. The number of hydrogen-bond acceptors (Lipinski definition) is 4. The summed E-state index contributed by atoms with van der Waals surface area (Å²) in [5.41, 5.74) is 5.27. The zero-order chi connectivity index (χ0) is 8.97. The van der Waals surface area contributed by atoms with Gasteiger partial charge in [-0.3, -0.25) is 9.89 Å². The first-order valence-electron chi connectivity index (χ1n) is 3.59. The predicted molar refractivity (Wildman–Crippen MR) is 43.2 cm³/mol. The van der Waals surface area contributed by atoms with E-state index in [1.54, 1.807) is 0 Å². The quantitative estimate of drug-likeness (QED) is 0.544. The van der Waals surface area contributed by atoms with E-state index in [0.717, 1.165) is 0 Å². The summed E-state index contributed by atoms with van der Waals surface area (Å²) in [6.45, 7) is 2.01. The summed E-state index contributed by atoms with van der Waals surface area (Å²) >= 11 is 0. The number of carbonyl (C=O) groups is 1. The number of nitrogen functional groups attached to an aromatic ring is 1. The highest BCUT2D eigenvalue weighted by Gasteiger charge is 1.98. The molecule has 0 unspecified atom stereocenters. The van der Waals surface area contributed by atoms with Gasteiger partial charge in [0.05, 0.1) is 0 Å². The molecule has 0 aromatic carbocycles. The van der Waals surface area contributed by atoms with Gasteiger partial charge in [-0.2, -0.15) is 4.98 Å². The van der Waals surface area contributed by atoms with E-state index in [1.807, 2.05) is 0 Å². The molecule has 0 aliphatic rings. The Kier molecular flexibility index (Phi) is 2.62. The Morgan fingerprint density at radius 1 is 1.75 bits per heavy atom. The number of carbonyl (C=O) groups excluding carboxylic acids is 1. The third-order valence-corrected chi connectivity index (χ3v) is 1.28. The van der Waals surface area contributed by atoms with Crippen LogP contribution in [0.2, 0.25) is 0 Å². The fourth-order valence-corrected chi connectivity index (χ4v) is 0.779. The van der Waals surface area contributed by atoms with Crippen LogP contribution in [0.15, 0.2) is 0 Å². The Hall–Kier alpha value is -1.59. The number of nitrogens with one attached hydrogen (secondary N) is 2. The van der Waals surface area contributed by atoms with Crippen molar-refractivity contribution >= 4 is 11.9 Å². The highest BCUT2D eigenvalue weighted by atomic mass is 16.1. The van der Waals surface area contributed by atoms with Crippen LogP contribution in [-0.2, 0) is 11.2 Å². The standard InChI is InChI=1S/C6H11N5O/c1-4(12)8-3-2-5-9-6(7)11-10-5/h2-3H2,1H3,(H,8,12)(H3,7,9,10,11). The number of amides is 1. The van der Waals surface area contributed by atoms with Crippen LogP contribution in [0.1, 0.15) is 12.7 Å². The summed E-state index contributed by atoms with van der Waals surface area (Å²) in [6, 6.07) is 0. The maximum absolute atomic E-state index is 10.5. The van der Waals surface area contributed by atoms with Crippen LogP contribution in [0.5, 0.6) is 0 Å². The molecule has 6 heteroatoms. The monoisotopic (exact) mass is 169 g/mol. The fourth-order valence-electron chi connectivity index (χ4n) is 0.779. The molecule has 1 heterocycles. The zero-order valence-electron chi connectivity index (χ0n) is 6.79. The first-order valence-corrected chi connectivity index (χ1v) is 3.59. The molecule has 0 fully saturated rings. The molecule has 12 heavy (non-hydrogen) atoms. The second-order valence-corrected chi connectivity index (χ2v) is 2.37. The van der Waals surface area contributed by atoms with Gasteiger partial charge in [0.1, 0.15) is 5.82 Å². The average molecular weight is 169 g/mol. The smallest absolute Gasteiger partial charge is 0.239 e. The molecule has 66 valence electrons. The molecule has 0 radical (unpaired) electrons. The summed E-state index contributed by atoms with van der Waals surface area (Å²) in [5, 5.41) is 8.92. The van der Waals surface area contributed by atoms with Gasteiger partial charge in [-0.1, -0.05) is 0 Å². The lowest BCUT2D eigenvalue weighted by molar-refractivity contribution is -0.118. The van der Waals surface area contributed by atoms with Gasteiger partial charge >= 0.3 is 0 Å². The van der Waals surface area contributed by atoms with Gasteiger partial charge < -0.3 is 11.1 Å². The van der Waals surface area contributed by atoms with E-state index in [9.17, 15) is 4.79 Å². The van der Waals surface area contributed by atoms with Crippen molar-refractivity contribution in [1.82, 2.24) is 20.5 Å². The zero-order valence-corrected chi connectivity index (χ0v) is 6.79. The lowest BCUT2D eigenvalue weighted by atomic mass is 10.4. The number of aromatic nitrogens is 3. The molecule has 0 spiro atoms. The third kappa shape index (κ3) is 2.57. The number of nitrogens with two attached hydrogens (primary N) is 1. The lowest BCUT2D eigenvalue weighted by Crippen LogP contribution is -2.22. The predicted octanol–water partition coefficient (Wildman–Crippen LogP) is -0.934. The Bertz CT molecular complexity index is 269. The molecule has 0 bridgehead atoms. The minimum Gasteiger partial charge on any atom is -0.367 e. The normalized spacial score (nSPS) is 9.75. The second kappa shape index (κ2) is 3.70. The molecule has 6 nitrogen and oxygen atoms in total. The van der Waals surface area contributed by atoms with E-state index in [2.05, 4.69) is 20.5 Å². The second-order valence-electron chi connectivity index (χ2n) is 2.37. The Morgan fingerprint density at radius 3 is 3.00 bits per heavy atom. The number of H-pyrrole nitrogens is 1. The number of nitrogens with zero attached hydrogens (tertiary/aromatic N) is 2. The van der Waals surface area contributed by atoms with Gasteiger partial charge in [0.2, 0.25) is 11.9 Å². The van der Waals surface area contributed by atoms with E-state index >= 15 is 0 Å². The van der Waals surface area contributed by atoms with Crippen LogP contribution in [-0.4, -0.2) is 27.6 Å². The molecule has 1 rings (SSSR count). The largest absolute Gasteiger partial charge is 0.367 e. The van der Waals surface area contributed by atoms with Crippen molar-refractivity contribution in [1.29, 1.82) is 0 Å². The van der Waals surface area contributed by atoms with Crippen LogP contribution in [0, 0.1) is 0 Å². The summed E-state index contributed by atoms with van der Waals surface area (Å²) < 4.78 is 0.